The number of ether oxygens (including phenoxy) is 3. The molecule has 0 bridgehead atoms. The van der Waals surface area contributed by atoms with Gasteiger partial charge < -0.3 is 19.9 Å². The number of benzene rings is 3. The van der Waals surface area contributed by atoms with Gasteiger partial charge in [0.1, 0.15) is 17.6 Å². The quantitative estimate of drug-likeness (QED) is 0.501. The fraction of sp³-hybridized carbons (Fsp3) is 0.310. The Hall–Kier alpha value is -3.80. The highest BCUT2D eigenvalue weighted by molar-refractivity contribution is 5.94. The molecule has 3 aromatic carbocycles. The Labute approximate surface area is 205 Å². The molecule has 2 atom stereocenters. The first-order valence-corrected chi connectivity index (χ1v) is 11.9. The lowest BCUT2D eigenvalue weighted by atomic mass is 9.89. The van der Waals surface area contributed by atoms with Crippen LogP contribution in [0.4, 0.5) is 0 Å². The summed E-state index contributed by atoms with van der Waals surface area (Å²) >= 11 is 0. The lowest BCUT2D eigenvalue weighted by Gasteiger charge is -2.18. The van der Waals surface area contributed by atoms with Crippen LogP contribution in [0.1, 0.15) is 63.0 Å². The summed E-state index contributed by atoms with van der Waals surface area (Å²) in [5, 5.41) is 0. The summed E-state index contributed by atoms with van der Waals surface area (Å²) in [5.74, 6) is 0.881. The minimum absolute atomic E-state index is 0.00805. The van der Waals surface area contributed by atoms with Gasteiger partial charge in [-0.3, -0.25) is 9.59 Å². The Morgan fingerprint density at radius 1 is 1.06 bits per heavy atom. The number of esters is 1. The second kappa shape index (κ2) is 9.10. The highest BCUT2D eigenvalue weighted by atomic mass is 16.5. The van der Waals surface area contributed by atoms with Gasteiger partial charge in [-0.2, -0.15) is 0 Å². The average Bonchev–Trinajstić information content (AvgIpc) is 3.43. The number of fused-ring (bicyclic) bond motifs is 2. The van der Waals surface area contributed by atoms with Crippen molar-refractivity contribution >= 4 is 11.9 Å². The van der Waals surface area contributed by atoms with Crippen molar-refractivity contribution in [3.05, 3.63) is 81.9 Å². The molecule has 0 spiro atoms. The van der Waals surface area contributed by atoms with Gasteiger partial charge in [-0.05, 0) is 78.3 Å². The molecule has 1 amide bonds. The second-order valence-corrected chi connectivity index (χ2v) is 9.36. The number of nitrogens with two attached hydrogens (primary N) is 1. The van der Waals surface area contributed by atoms with Crippen LogP contribution in [0.25, 0.3) is 11.1 Å². The third-order valence-corrected chi connectivity index (χ3v) is 7.09. The van der Waals surface area contributed by atoms with E-state index in [0.29, 0.717) is 18.6 Å². The molecular weight excluding hydrogens is 442 g/mol. The smallest absolute Gasteiger partial charge is 0.306 e. The Morgan fingerprint density at radius 3 is 2.54 bits per heavy atom. The number of amides is 1. The molecule has 3 aromatic rings. The average molecular weight is 472 g/mol. The number of methoxy groups -OCH3 is 1. The maximum atomic E-state index is 11.7. The monoisotopic (exact) mass is 471 g/mol. The summed E-state index contributed by atoms with van der Waals surface area (Å²) in [6.45, 7) is 4.51. The Balaban J connectivity index is 1.40. The van der Waals surface area contributed by atoms with Gasteiger partial charge >= 0.3 is 5.97 Å². The first-order valence-electron chi connectivity index (χ1n) is 11.9. The zero-order valence-corrected chi connectivity index (χ0v) is 20.2. The largest absolute Gasteiger partial charge is 0.492 e. The molecule has 2 N–H and O–H groups in total. The summed E-state index contributed by atoms with van der Waals surface area (Å²) < 4.78 is 17.1. The van der Waals surface area contributed by atoms with Gasteiger partial charge in [-0.25, -0.2) is 0 Å². The molecule has 6 heteroatoms. The predicted octanol–water partition coefficient (Wildman–Crippen LogP) is 5.17. The van der Waals surface area contributed by atoms with Gasteiger partial charge in [0.15, 0.2) is 0 Å². The molecule has 2 aliphatic rings. The van der Waals surface area contributed by atoms with Crippen LogP contribution in [0.3, 0.4) is 0 Å². The predicted molar refractivity (Wildman–Crippen MR) is 133 cm³/mol. The molecule has 0 radical (unpaired) electrons. The van der Waals surface area contributed by atoms with E-state index in [1.807, 2.05) is 44.2 Å². The number of rotatable bonds is 6. The lowest BCUT2D eigenvalue weighted by Crippen LogP contribution is -2.11. The zero-order chi connectivity index (χ0) is 24.7. The molecule has 5 rings (SSSR count). The Kier molecular flexibility index (Phi) is 5.97. The standard InChI is InChI=1S/C29H29NO5/c1-16-11-18(29(30)32)12-17(2)28(16)24-6-4-5-23-22(24)9-10-25(23)35-20-7-8-21-19(13-27(31)33-3)15-34-26(21)14-20/h4-8,11-12,14,19,25H,9-10,13,15H2,1-3H3,(H2,30,32)/t19-,25-/m1/s1. The molecule has 1 aliphatic heterocycles. The molecule has 0 fully saturated rings. The van der Waals surface area contributed by atoms with E-state index in [2.05, 4.69) is 18.2 Å². The molecule has 1 aliphatic carbocycles. The van der Waals surface area contributed by atoms with Crippen LogP contribution >= 0.6 is 0 Å². The van der Waals surface area contributed by atoms with Crippen LogP contribution in [0, 0.1) is 13.8 Å². The van der Waals surface area contributed by atoms with E-state index in [-0.39, 0.29) is 18.0 Å². The van der Waals surface area contributed by atoms with Crippen molar-refractivity contribution in [1.29, 1.82) is 0 Å². The number of carbonyl (C=O) groups is 2. The second-order valence-electron chi connectivity index (χ2n) is 9.36. The highest BCUT2D eigenvalue weighted by Crippen LogP contribution is 2.44. The van der Waals surface area contributed by atoms with Crippen molar-refractivity contribution in [3.63, 3.8) is 0 Å². The third-order valence-electron chi connectivity index (χ3n) is 7.09. The van der Waals surface area contributed by atoms with Crippen LogP contribution in [0.15, 0.2) is 48.5 Å². The van der Waals surface area contributed by atoms with Crippen molar-refractivity contribution in [1.82, 2.24) is 0 Å². The normalized spacial score (nSPS) is 17.9. The number of hydrogen-bond donors (Lipinski definition) is 1. The lowest BCUT2D eigenvalue weighted by molar-refractivity contribution is -0.141. The van der Waals surface area contributed by atoms with Crippen LogP contribution in [0.5, 0.6) is 11.5 Å². The van der Waals surface area contributed by atoms with E-state index in [4.69, 9.17) is 19.9 Å². The van der Waals surface area contributed by atoms with E-state index < -0.39 is 5.91 Å². The van der Waals surface area contributed by atoms with Gasteiger partial charge in [-0.1, -0.05) is 24.3 Å². The van der Waals surface area contributed by atoms with Crippen molar-refractivity contribution in [2.75, 3.05) is 13.7 Å². The summed E-state index contributed by atoms with van der Waals surface area (Å²) in [5.41, 5.74) is 13.9. The van der Waals surface area contributed by atoms with Crippen LogP contribution in [0.2, 0.25) is 0 Å². The maximum absolute atomic E-state index is 11.7. The number of primary amides is 1. The van der Waals surface area contributed by atoms with E-state index >= 15 is 0 Å². The van der Waals surface area contributed by atoms with Gasteiger partial charge in [0.25, 0.3) is 0 Å². The fourth-order valence-corrected chi connectivity index (χ4v) is 5.45. The number of aryl methyl sites for hydroxylation is 2. The van der Waals surface area contributed by atoms with Gasteiger partial charge in [0.2, 0.25) is 5.91 Å². The molecule has 180 valence electrons. The third kappa shape index (κ3) is 4.25. The van der Waals surface area contributed by atoms with Crippen LogP contribution < -0.4 is 15.2 Å². The zero-order valence-electron chi connectivity index (χ0n) is 20.2. The van der Waals surface area contributed by atoms with E-state index in [0.717, 1.165) is 46.6 Å². The first-order chi connectivity index (χ1) is 16.9. The topological polar surface area (TPSA) is 87.8 Å². The van der Waals surface area contributed by atoms with E-state index in [9.17, 15) is 9.59 Å². The number of carbonyl (C=O) groups excluding carboxylic acids is 2. The molecule has 0 aromatic heterocycles. The summed E-state index contributed by atoms with van der Waals surface area (Å²) in [6.07, 6.45) is 2.05. The highest BCUT2D eigenvalue weighted by Gasteiger charge is 2.30. The molecular formula is C29H29NO5. The summed E-state index contributed by atoms with van der Waals surface area (Å²) in [7, 11) is 1.40. The van der Waals surface area contributed by atoms with Gasteiger partial charge in [0.05, 0.1) is 20.1 Å². The molecule has 35 heavy (non-hydrogen) atoms. The van der Waals surface area contributed by atoms with Crippen LogP contribution in [-0.4, -0.2) is 25.6 Å². The van der Waals surface area contributed by atoms with Gasteiger partial charge in [0, 0.05) is 23.1 Å². The van der Waals surface area contributed by atoms with Crippen molar-refractivity contribution in [2.24, 2.45) is 5.73 Å². The van der Waals surface area contributed by atoms with E-state index in [1.54, 1.807) is 0 Å². The molecule has 0 unspecified atom stereocenters. The van der Waals surface area contributed by atoms with E-state index in [1.165, 1.54) is 23.8 Å². The minimum Gasteiger partial charge on any atom is -0.492 e. The van der Waals surface area contributed by atoms with Crippen molar-refractivity contribution in [3.8, 4) is 22.6 Å². The minimum atomic E-state index is -0.413. The van der Waals surface area contributed by atoms with Gasteiger partial charge in [-0.15, -0.1) is 0 Å². The first kappa shape index (κ1) is 23.0. The maximum Gasteiger partial charge on any atom is 0.306 e. The van der Waals surface area contributed by atoms with Crippen LogP contribution in [-0.2, 0) is 16.0 Å². The summed E-state index contributed by atoms with van der Waals surface area (Å²) in [6, 6.07) is 15.9. The Bertz CT molecular complexity index is 1310. The van der Waals surface area contributed by atoms with Crippen molar-refractivity contribution < 1.29 is 23.8 Å². The molecule has 6 nitrogen and oxygen atoms in total. The molecule has 0 saturated heterocycles. The Morgan fingerprint density at radius 2 is 1.83 bits per heavy atom. The number of hydrogen-bond acceptors (Lipinski definition) is 5. The summed E-state index contributed by atoms with van der Waals surface area (Å²) in [4.78, 5) is 23.4. The SMILES string of the molecule is COC(=O)C[C@@H]1COc2cc(O[C@@H]3CCc4c(-c5c(C)cc(C(N)=O)cc5C)cccc43)ccc21. The fourth-order valence-electron chi connectivity index (χ4n) is 5.45. The molecule has 0 saturated carbocycles. The van der Waals surface area contributed by atoms with Crippen molar-refractivity contribution in [2.45, 2.75) is 45.1 Å². The molecule has 1 heterocycles.